The van der Waals surface area contributed by atoms with Gasteiger partial charge in [-0.2, -0.15) is 0 Å². The minimum Gasteiger partial charge on any atom is -0.353 e. The largest absolute Gasteiger partial charge is 0.353 e. The van der Waals surface area contributed by atoms with Crippen LogP contribution < -0.4 is 5.32 Å². The first-order chi connectivity index (χ1) is 9.64. The van der Waals surface area contributed by atoms with Gasteiger partial charge in [0, 0.05) is 23.8 Å². The number of carbonyl (C=O) groups excluding carboxylic acids is 1. The van der Waals surface area contributed by atoms with Crippen LogP contribution in [0.25, 0.3) is 0 Å². The number of nitrogens with one attached hydrogen (secondary N) is 1. The van der Waals surface area contributed by atoms with Crippen LogP contribution in [0.15, 0.2) is 11.5 Å². The number of allylic oxidation sites excluding steroid dienone is 1. The first kappa shape index (κ1) is 15.1. The molecule has 0 saturated heterocycles. The van der Waals surface area contributed by atoms with Crippen molar-refractivity contribution in [2.24, 2.45) is 22.7 Å². The molecule has 3 aliphatic rings. The van der Waals surface area contributed by atoms with Crippen LogP contribution in [0.1, 0.15) is 46.5 Å². The Morgan fingerprint density at radius 2 is 2.05 bits per heavy atom. The summed E-state index contributed by atoms with van der Waals surface area (Å²) in [5.74, 6) is 0.613. The third-order valence-corrected chi connectivity index (χ3v) is 8.05. The molecule has 2 bridgehead atoms. The van der Waals surface area contributed by atoms with Crippen LogP contribution in [0.5, 0.6) is 0 Å². The summed E-state index contributed by atoms with van der Waals surface area (Å²) in [4.78, 5) is 12.3. The third kappa shape index (κ3) is 2.33. The summed E-state index contributed by atoms with van der Waals surface area (Å²) in [7, 11) is -3.07. The quantitative estimate of drug-likeness (QED) is 0.869. The van der Waals surface area contributed by atoms with Crippen molar-refractivity contribution in [2.75, 3.05) is 5.75 Å². The number of carbonyl (C=O) groups is 1. The smallest absolute Gasteiger partial charge is 0.220 e. The van der Waals surface area contributed by atoms with Crippen LogP contribution in [-0.2, 0) is 14.6 Å². The predicted molar refractivity (Wildman–Crippen MR) is 82.2 cm³/mol. The second kappa shape index (κ2) is 4.58. The molecule has 4 atom stereocenters. The van der Waals surface area contributed by atoms with Gasteiger partial charge < -0.3 is 5.32 Å². The van der Waals surface area contributed by atoms with Crippen LogP contribution in [0.4, 0.5) is 0 Å². The van der Waals surface area contributed by atoms with Crippen molar-refractivity contribution in [1.82, 2.24) is 5.32 Å². The lowest BCUT2D eigenvalue weighted by molar-refractivity contribution is -0.123. The van der Waals surface area contributed by atoms with E-state index in [4.69, 9.17) is 0 Å². The molecule has 0 radical (unpaired) electrons. The standard InChI is InChI=1S/C16H25NO3S/c1-15(2)12-4-6-16(15,3)13(9-12)17-14(18)8-11-5-7-21(19,20)10-11/h5,7,11-13H,4,6,8-10H2,1-3H3,(H,17,18)/t11?,12-,13-,16+/m1/s1. The Kier molecular flexibility index (Phi) is 3.28. The fourth-order valence-electron chi connectivity index (χ4n) is 4.68. The molecule has 1 amide bonds. The summed E-state index contributed by atoms with van der Waals surface area (Å²) in [5, 5.41) is 4.44. The molecule has 1 aliphatic heterocycles. The number of fused-ring (bicyclic) bond motifs is 2. The summed E-state index contributed by atoms with van der Waals surface area (Å²) in [6.07, 6.45) is 5.44. The summed E-state index contributed by atoms with van der Waals surface area (Å²) < 4.78 is 22.8. The van der Waals surface area contributed by atoms with Crippen LogP contribution >= 0.6 is 0 Å². The van der Waals surface area contributed by atoms with Crippen LogP contribution in [0.3, 0.4) is 0 Å². The van der Waals surface area contributed by atoms with E-state index in [1.807, 2.05) is 0 Å². The zero-order valence-corrected chi connectivity index (χ0v) is 13.9. The van der Waals surface area contributed by atoms with E-state index < -0.39 is 9.84 Å². The van der Waals surface area contributed by atoms with E-state index >= 15 is 0 Å². The van der Waals surface area contributed by atoms with Gasteiger partial charge in [-0.25, -0.2) is 8.42 Å². The molecule has 0 spiro atoms. The van der Waals surface area contributed by atoms with Crippen molar-refractivity contribution < 1.29 is 13.2 Å². The van der Waals surface area contributed by atoms with Gasteiger partial charge in [-0.15, -0.1) is 0 Å². The molecule has 21 heavy (non-hydrogen) atoms. The average molecular weight is 311 g/mol. The lowest BCUT2D eigenvalue weighted by Gasteiger charge is -2.39. The highest BCUT2D eigenvalue weighted by Gasteiger charge is 2.61. The molecule has 1 unspecified atom stereocenters. The molecular formula is C16H25NO3S. The van der Waals surface area contributed by atoms with Gasteiger partial charge in [-0.05, 0) is 36.0 Å². The molecule has 1 heterocycles. The molecule has 118 valence electrons. The fourth-order valence-corrected chi connectivity index (χ4v) is 6.08. The van der Waals surface area contributed by atoms with E-state index in [9.17, 15) is 13.2 Å². The van der Waals surface area contributed by atoms with E-state index in [2.05, 4.69) is 26.1 Å². The van der Waals surface area contributed by atoms with Crippen LogP contribution in [0.2, 0.25) is 0 Å². The van der Waals surface area contributed by atoms with Gasteiger partial charge in [0.1, 0.15) is 0 Å². The molecule has 1 N–H and O–H groups in total. The SMILES string of the molecule is CC1(C)[C@@H]2CC[C@@]1(C)[C@H](NC(=O)CC1C=CS(=O)(=O)C1)C2. The maximum atomic E-state index is 12.3. The van der Waals surface area contributed by atoms with Crippen molar-refractivity contribution in [3.63, 3.8) is 0 Å². The molecule has 2 saturated carbocycles. The molecule has 2 aliphatic carbocycles. The van der Waals surface area contributed by atoms with E-state index in [0.29, 0.717) is 5.92 Å². The van der Waals surface area contributed by atoms with E-state index in [1.54, 1.807) is 6.08 Å². The zero-order valence-electron chi connectivity index (χ0n) is 13.1. The number of hydrogen-bond acceptors (Lipinski definition) is 3. The molecule has 0 aromatic heterocycles. The highest BCUT2D eigenvalue weighted by Crippen LogP contribution is 2.65. The highest BCUT2D eigenvalue weighted by molar-refractivity contribution is 7.94. The maximum Gasteiger partial charge on any atom is 0.220 e. The van der Waals surface area contributed by atoms with Crippen molar-refractivity contribution in [3.05, 3.63) is 11.5 Å². The summed E-state index contributed by atoms with van der Waals surface area (Å²) in [6.45, 7) is 6.94. The first-order valence-corrected chi connectivity index (χ1v) is 9.56. The minimum atomic E-state index is -3.07. The number of hydrogen-bond donors (Lipinski definition) is 1. The Hall–Kier alpha value is -0.840. The maximum absolute atomic E-state index is 12.3. The predicted octanol–water partition coefficient (Wildman–Crippen LogP) is 2.27. The highest BCUT2D eigenvalue weighted by atomic mass is 32.2. The minimum absolute atomic E-state index is 0.00340. The van der Waals surface area contributed by atoms with Gasteiger partial charge in [-0.3, -0.25) is 4.79 Å². The Morgan fingerprint density at radius 1 is 1.33 bits per heavy atom. The molecule has 0 aromatic carbocycles. The van der Waals surface area contributed by atoms with Crippen molar-refractivity contribution in [1.29, 1.82) is 0 Å². The van der Waals surface area contributed by atoms with Crippen molar-refractivity contribution >= 4 is 15.7 Å². The third-order valence-electron chi connectivity index (χ3n) is 6.58. The van der Waals surface area contributed by atoms with Gasteiger partial charge in [-0.1, -0.05) is 26.8 Å². The second-order valence-electron chi connectivity index (χ2n) is 7.85. The van der Waals surface area contributed by atoms with Crippen molar-refractivity contribution in [2.45, 2.75) is 52.5 Å². The topological polar surface area (TPSA) is 63.2 Å². The summed E-state index contributed by atoms with van der Waals surface area (Å²) >= 11 is 0. The van der Waals surface area contributed by atoms with Gasteiger partial charge in [0.25, 0.3) is 0 Å². The first-order valence-electron chi connectivity index (χ1n) is 7.84. The lowest BCUT2D eigenvalue weighted by atomic mass is 9.69. The van der Waals surface area contributed by atoms with Gasteiger partial charge in [0.2, 0.25) is 5.91 Å². The molecule has 5 heteroatoms. The van der Waals surface area contributed by atoms with Crippen LogP contribution in [-0.4, -0.2) is 26.1 Å². The zero-order chi connectivity index (χ0) is 15.5. The van der Waals surface area contributed by atoms with Gasteiger partial charge >= 0.3 is 0 Å². The summed E-state index contributed by atoms with van der Waals surface area (Å²) in [6, 6.07) is 0.237. The van der Waals surface area contributed by atoms with E-state index in [1.165, 1.54) is 18.2 Å². The molecule has 3 rings (SSSR count). The van der Waals surface area contributed by atoms with E-state index in [-0.39, 0.29) is 40.9 Å². The Labute approximate surface area is 127 Å². The average Bonchev–Trinajstić information content (AvgIpc) is 2.86. The Bertz CT molecular complexity index is 593. The second-order valence-corrected chi connectivity index (χ2v) is 9.78. The molecule has 4 nitrogen and oxygen atoms in total. The lowest BCUT2D eigenvalue weighted by Crippen LogP contribution is -2.47. The van der Waals surface area contributed by atoms with E-state index in [0.717, 1.165) is 6.42 Å². The Morgan fingerprint density at radius 3 is 2.52 bits per heavy atom. The molecule has 2 fully saturated rings. The van der Waals surface area contributed by atoms with Crippen LogP contribution in [0, 0.1) is 22.7 Å². The molecule has 0 aromatic rings. The van der Waals surface area contributed by atoms with Crippen molar-refractivity contribution in [3.8, 4) is 0 Å². The number of sulfone groups is 1. The normalized spacial score (nSPS) is 42.3. The number of amides is 1. The number of rotatable bonds is 3. The van der Waals surface area contributed by atoms with Gasteiger partial charge in [0.05, 0.1) is 5.75 Å². The fraction of sp³-hybridized carbons (Fsp3) is 0.812. The molecular weight excluding hydrogens is 286 g/mol. The monoisotopic (exact) mass is 311 g/mol. The van der Waals surface area contributed by atoms with Gasteiger partial charge in [0.15, 0.2) is 9.84 Å². The summed E-state index contributed by atoms with van der Waals surface area (Å²) in [5.41, 5.74) is 0.451. The Balaban J connectivity index is 1.61.